The number of aryl methyl sites for hydroxylation is 2. The summed E-state index contributed by atoms with van der Waals surface area (Å²) < 4.78 is 2.97. The van der Waals surface area contributed by atoms with E-state index < -0.39 is 0 Å². The summed E-state index contributed by atoms with van der Waals surface area (Å²) >= 11 is 1.76. The van der Waals surface area contributed by atoms with Gasteiger partial charge in [-0.25, -0.2) is 14.5 Å². The summed E-state index contributed by atoms with van der Waals surface area (Å²) in [7, 11) is 0. The Bertz CT molecular complexity index is 1200. The molecule has 1 amide bonds. The lowest BCUT2D eigenvalue weighted by atomic mass is 9.98. The molecule has 1 aliphatic rings. The molecular weight excluding hydrogens is 396 g/mol. The van der Waals surface area contributed by atoms with Gasteiger partial charge in [-0.1, -0.05) is 12.1 Å². The first kappa shape index (κ1) is 19.1. The molecule has 4 heterocycles. The molecule has 0 N–H and O–H groups in total. The maximum atomic E-state index is 13.0. The number of hydrogen-bond donors (Lipinski definition) is 0. The molecule has 1 atom stereocenters. The molecule has 0 spiro atoms. The molecule has 0 saturated carbocycles. The average Bonchev–Trinajstić information content (AvgIpc) is 3.40. The number of aromatic nitrogens is 5. The molecule has 1 aliphatic heterocycles. The van der Waals surface area contributed by atoms with E-state index in [4.69, 9.17) is 4.98 Å². The Morgan fingerprint density at radius 3 is 2.97 bits per heavy atom. The van der Waals surface area contributed by atoms with Crippen molar-refractivity contribution in [2.45, 2.75) is 45.4 Å². The summed E-state index contributed by atoms with van der Waals surface area (Å²) in [6, 6.07) is 8.26. The summed E-state index contributed by atoms with van der Waals surface area (Å²) in [4.78, 5) is 28.5. The number of likely N-dealkylation sites (tertiary alicyclic amines) is 1. The fraction of sp³-hybridized carbons (Fsp3) is 0.409. The van der Waals surface area contributed by atoms with Crippen LogP contribution in [-0.4, -0.2) is 48.5 Å². The highest BCUT2D eigenvalue weighted by Gasteiger charge is 2.27. The summed E-state index contributed by atoms with van der Waals surface area (Å²) in [5, 5.41) is 5.39. The van der Waals surface area contributed by atoms with Crippen molar-refractivity contribution in [2.24, 2.45) is 0 Å². The van der Waals surface area contributed by atoms with E-state index in [1.807, 2.05) is 24.8 Å². The van der Waals surface area contributed by atoms with Gasteiger partial charge in [-0.3, -0.25) is 4.79 Å². The third kappa shape index (κ3) is 3.45. The molecule has 0 bridgehead atoms. The number of hydrogen-bond acceptors (Lipinski definition) is 6. The van der Waals surface area contributed by atoms with Crippen LogP contribution in [0.1, 0.15) is 47.1 Å². The van der Waals surface area contributed by atoms with Crippen LogP contribution in [0.15, 0.2) is 30.6 Å². The third-order valence-electron chi connectivity index (χ3n) is 6.01. The molecular formula is C22H24N6OS. The first-order valence-electron chi connectivity index (χ1n) is 10.4. The number of amides is 1. The number of para-hydroxylation sites is 1. The average molecular weight is 421 g/mol. The fourth-order valence-corrected chi connectivity index (χ4v) is 5.47. The third-order valence-corrected chi connectivity index (χ3v) is 7.21. The standard InChI is InChI=1S/C22H24N6OS/c1-14-17(15(2)28-22(25-14)23-13-24-28)9-10-20(29)27-11-5-6-16(12-27)21-26-18-7-3-4-8-19(18)30-21/h3-4,7-8,13,16H,5-6,9-12H2,1-2H3. The van der Waals surface area contributed by atoms with Crippen LogP contribution in [0.5, 0.6) is 0 Å². The van der Waals surface area contributed by atoms with Crippen molar-refractivity contribution in [3.8, 4) is 0 Å². The summed E-state index contributed by atoms with van der Waals surface area (Å²) in [5.74, 6) is 1.14. The number of rotatable bonds is 4. The van der Waals surface area contributed by atoms with Crippen molar-refractivity contribution in [1.29, 1.82) is 0 Å². The van der Waals surface area contributed by atoms with Gasteiger partial charge in [-0.2, -0.15) is 10.1 Å². The van der Waals surface area contributed by atoms with Gasteiger partial charge in [0.15, 0.2) is 0 Å². The highest BCUT2D eigenvalue weighted by Crippen LogP contribution is 2.33. The lowest BCUT2D eigenvalue weighted by Crippen LogP contribution is -2.39. The normalized spacial score (nSPS) is 17.1. The van der Waals surface area contributed by atoms with Crippen molar-refractivity contribution < 1.29 is 4.79 Å². The van der Waals surface area contributed by atoms with Gasteiger partial charge in [0.05, 0.1) is 15.2 Å². The maximum absolute atomic E-state index is 13.0. The molecule has 1 fully saturated rings. The van der Waals surface area contributed by atoms with Crippen molar-refractivity contribution in [3.05, 3.63) is 52.6 Å². The van der Waals surface area contributed by atoms with Gasteiger partial charge in [0.2, 0.25) is 5.91 Å². The van der Waals surface area contributed by atoms with Crippen LogP contribution in [0, 0.1) is 13.8 Å². The van der Waals surface area contributed by atoms with Crippen LogP contribution in [0.2, 0.25) is 0 Å². The molecule has 5 rings (SSSR count). The van der Waals surface area contributed by atoms with Crippen LogP contribution >= 0.6 is 11.3 Å². The minimum Gasteiger partial charge on any atom is -0.342 e. The van der Waals surface area contributed by atoms with E-state index in [0.29, 0.717) is 24.5 Å². The van der Waals surface area contributed by atoms with Gasteiger partial charge in [0.25, 0.3) is 5.78 Å². The van der Waals surface area contributed by atoms with Crippen molar-refractivity contribution in [3.63, 3.8) is 0 Å². The summed E-state index contributed by atoms with van der Waals surface area (Å²) in [6.45, 7) is 5.58. The Kier molecular flexibility index (Phi) is 4.94. The van der Waals surface area contributed by atoms with E-state index in [1.54, 1.807) is 15.9 Å². The van der Waals surface area contributed by atoms with E-state index in [0.717, 1.165) is 53.4 Å². The first-order chi connectivity index (χ1) is 14.6. The predicted molar refractivity (Wildman–Crippen MR) is 117 cm³/mol. The number of carbonyl (C=O) groups is 1. The van der Waals surface area contributed by atoms with Gasteiger partial charge in [0.1, 0.15) is 6.33 Å². The SMILES string of the molecule is Cc1nc2ncnn2c(C)c1CCC(=O)N1CCCC(c2nc3ccccc3s2)C1. The monoisotopic (exact) mass is 420 g/mol. The number of fused-ring (bicyclic) bond motifs is 2. The van der Waals surface area contributed by atoms with E-state index >= 15 is 0 Å². The summed E-state index contributed by atoms with van der Waals surface area (Å²) in [5.41, 5.74) is 4.07. The smallest absolute Gasteiger partial charge is 0.252 e. The Balaban J connectivity index is 1.28. The second-order valence-corrected chi connectivity index (χ2v) is 8.99. The Labute approximate surface area is 178 Å². The Hall–Kier alpha value is -2.87. The molecule has 0 radical (unpaired) electrons. The van der Waals surface area contributed by atoms with E-state index in [-0.39, 0.29) is 5.91 Å². The number of benzene rings is 1. The number of piperidine rings is 1. The van der Waals surface area contributed by atoms with E-state index in [9.17, 15) is 4.79 Å². The van der Waals surface area contributed by atoms with Gasteiger partial charge in [-0.05, 0) is 50.8 Å². The molecule has 3 aromatic heterocycles. The zero-order chi connectivity index (χ0) is 20.7. The zero-order valence-electron chi connectivity index (χ0n) is 17.2. The molecule has 4 aromatic rings. The highest BCUT2D eigenvalue weighted by molar-refractivity contribution is 7.18. The van der Waals surface area contributed by atoms with Gasteiger partial charge >= 0.3 is 0 Å². The van der Waals surface area contributed by atoms with Crippen molar-refractivity contribution >= 4 is 33.2 Å². The van der Waals surface area contributed by atoms with Crippen LogP contribution in [0.3, 0.4) is 0 Å². The summed E-state index contributed by atoms with van der Waals surface area (Å²) in [6.07, 6.45) is 4.78. The minimum absolute atomic E-state index is 0.207. The molecule has 1 unspecified atom stereocenters. The predicted octanol–water partition coefficient (Wildman–Crippen LogP) is 3.69. The quantitative estimate of drug-likeness (QED) is 0.503. The van der Waals surface area contributed by atoms with Crippen LogP contribution in [0.4, 0.5) is 0 Å². The molecule has 1 saturated heterocycles. The molecule has 0 aliphatic carbocycles. The second kappa shape index (κ2) is 7.75. The Morgan fingerprint density at radius 2 is 2.10 bits per heavy atom. The topological polar surface area (TPSA) is 76.3 Å². The van der Waals surface area contributed by atoms with Gasteiger partial charge in [0, 0.05) is 36.8 Å². The molecule has 1 aromatic carbocycles. The minimum atomic E-state index is 0.207. The van der Waals surface area contributed by atoms with Crippen LogP contribution < -0.4 is 0 Å². The molecule has 7 nitrogen and oxygen atoms in total. The number of thiazole rings is 1. The highest BCUT2D eigenvalue weighted by atomic mass is 32.1. The lowest BCUT2D eigenvalue weighted by molar-refractivity contribution is -0.132. The fourth-order valence-electron chi connectivity index (χ4n) is 4.38. The van der Waals surface area contributed by atoms with Crippen molar-refractivity contribution in [1.82, 2.24) is 29.5 Å². The zero-order valence-corrected chi connectivity index (χ0v) is 18.0. The van der Waals surface area contributed by atoms with Gasteiger partial charge in [-0.15, -0.1) is 11.3 Å². The maximum Gasteiger partial charge on any atom is 0.252 e. The molecule has 8 heteroatoms. The van der Waals surface area contributed by atoms with E-state index in [1.165, 1.54) is 11.0 Å². The van der Waals surface area contributed by atoms with Crippen LogP contribution in [-0.2, 0) is 11.2 Å². The number of carbonyl (C=O) groups excluding carboxylic acids is 1. The van der Waals surface area contributed by atoms with Gasteiger partial charge < -0.3 is 4.90 Å². The largest absolute Gasteiger partial charge is 0.342 e. The van der Waals surface area contributed by atoms with Crippen LogP contribution in [0.25, 0.3) is 16.0 Å². The molecule has 154 valence electrons. The first-order valence-corrected chi connectivity index (χ1v) is 11.2. The lowest BCUT2D eigenvalue weighted by Gasteiger charge is -2.32. The Morgan fingerprint density at radius 1 is 1.23 bits per heavy atom. The van der Waals surface area contributed by atoms with Crippen molar-refractivity contribution in [2.75, 3.05) is 13.1 Å². The molecule has 30 heavy (non-hydrogen) atoms. The number of nitrogens with zero attached hydrogens (tertiary/aromatic N) is 6. The van der Waals surface area contributed by atoms with E-state index in [2.05, 4.69) is 33.3 Å². The second-order valence-electron chi connectivity index (χ2n) is 7.93.